The van der Waals surface area contributed by atoms with Crippen molar-refractivity contribution in [1.82, 2.24) is 0 Å². The van der Waals surface area contributed by atoms with Gasteiger partial charge >= 0.3 is 0 Å². The Morgan fingerprint density at radius 2 is 2.07 bits per heavy atom. The second kappa shape index (κ2) is 4.80. The van der Waals surface area contributed by atoms with Crippen molar-refractivity contribution in [1.29, 1.82) is 0 Å². The van der Waals surface area contributed by atoms with E-state index in [1.54, 1.807) is 0 Å². The molecule has 0 atom stereocenters. The Hall–Kier alpha value is -0.820. The summed E-state index contributed by atoms with van der Waals surface area (Å²) in [5, 5.41) is 0.768. The monoisotopic (exact) mass is 224 g/mol. The van der Waals surface area contributed by atoms with E-state index < -0.39 is 5.41 Å². The summed E-state index contributed by atoms with van der Waals surface area (Å²) < 4.78 is 0. The van der Waals surface area contributed by atoms with Crippen molar-refractivity contribution in [2.75, 3.05) is 0 Å². The standard InChI is InChI=1S/C13H17ClO/c1-4-5-10-6-7-11(8-12(10)14)13(2,3)9-15/h6-9H,4-5H2,1-3H3. The smallest absolute Gasteiger partial charge is 0.129 e. The van der Waals surface area contributed by atoms with Crippen LogP contribution in [0.3, 0.4) is 0 Å². The molecule has 1 aromatic carbocycles. The molecule has 0 unspecified atom stereocenters. The number of hydrogen-bond donors (Lipinski definition) is 0. The zero-order valence-corrected chi connectivity index (χ0v) is 10.3. The fourth-order valence-corrected chi connectivity index (χ4v) is 1.76. The summed E-state index contributed by atoms with van der Waals surface area (Å²) in [4.78, 5) is 10.9. The molecule has 2 heteroatoms. The molecule has 0 spiro atoms. The average molecular weight is 225 g/mol. The summed E-state index contributed by atoms with van der Waals surface area (Å²) in [5.74, 6) is 0. The fourth-order valence-electron chi connectivity index (χ4n) is 1.49. The molecule has 1 rings (SSSR count). The van der Waals surface area contributed by atoms with Crippen molar-refractivity contribution in [3.05, 3.63) is 34.3 Å². The van der Waals surface area contributed by atoms with Crippen LogP contribution < -0.4 is 0 Å². The molecule has 0 aromatic heterocycles. The van der Waals surface area contributed by atoms with E-state index in [1.807, 2.05) is 32.0 Å². The Labute approximate surface area is 96.5 Å². The molecule has 0 heterocycles. The highest BCUT2D eigenvalue weighted by molar-refractivity contribution is 6.31. The van der Waals surface area contributed by atoms with Crippen LogP contribution in [0.1, 0.15) is 38.3 Å². The number of carbonyl (C=O) groups is 1. The van der Waals surface area contributed by atoms with Gasteiger partial charge in [-0.3, -0.25) is 0 Å². The summed E-state index contributed by atoms with van der Waals surface area (Å²) in [6, 6.07) is 5.92. The van der Waals surface area contributed by atoms with Crippen molar-refractivity contribution < 1.29 is 4.79 Å². The van der Waals surface area contributed by atoms with Crippen molar-refractivity contribution in [2.45, 2.75) is 39.0 Å². The van der Waals surface area contributed by atoms with Gasteiger partial charge in [-0.2, -0.15) is 0 Å². The van der Waals surface area contributed by atoms with E-state index in [2.05, 4.69) is 6.92 Å². The molecule has 0 saturated heterocycles. The zero-order chi connectivity index (χ0) is 11.5. The largest absolute Gasteiger partial charge is 0.302 e. The highest BCUT2D eigenvalue weighted by Crippen LogP contribution is 2.26. The number of benzene rings is 1. The van der Waals surface area contributed by atoms with Gasteiger partial charge in [0.25, 0.3) is 0 Å². The normalized spacial score (nSPS) is 11.5. The first-order valence-electron chi connectivity index (χ1n) is 5.26. The lowest BCUT2D eigenvalue weighted by molar-refractivity contribution is -0.111. The molecule has 0 bridgehead atoms. The van der Waals surface area contributed by atoms with Gasteiger partial charge in [-0.05, 0) is 37.5 Å². The molecule has 0 saturated carbocycles. The predicted molar refractivity (Wildman–Crippen MR) is 64.5 cm³/mol. The molecule has 1 nitrogen and oxygen atoms in total. The van der Waals surface area contributed by atoms with Crippen LogP contribution in [0.4, 0.5) is 0 Å². The summed E-state index contributed by atoms with van der Waals surface area (Å²) >= 11 is 6.16. The molecular formula is C13H17ClO. The molecule has 0 fully saturated rings. The van der Waals surface area contributed by atoms with Gasteiger partial charge < -0.3 is 4.79 Å². The Bertz CT molecular complexity index is 356. The lowest BCUT2D eigenvalue weighted by atomic mass is 9.86. The van der Waals surface area contributed by atoms with Crippen LogP contribution in [-0.2, 0) is 16.6 Å². The lowest BCUT2D eigenvalue weighted by Crippen LogP contribution is -2.18. The van der Waals surface area contributed by atoms with Gasteiger partial charge in [-0.15, -0.1) is 0 Å². The number of aryl methyl sites for hydroxylation is 1. The van der Waals surface area contributed by atoms with Crippen molar-refractivity contribution >= 4 is 17.9 Å². The average Bonchev–Trinajstić information content (AvgIpc) is 2.21. The Kier molecular flexibility index (Phi) is 3.92. The maximum atomic E-state index is 10.9. The van der Waals surface area contributed by atoms with Crippen LogP contribution in [0.25, 0.3) is 0 Å². The first kappa shape index (κ1) is 12.3. The van der Waals surface area contributed by atoms with Gasteiger partial charge in [0, 0.05) is 10.4 Å². The maximum Gasteiger partial charge on any atom is 0.129 e. The van der Waals surface area contributed by atoms with Gasteiger partial charge in [-0.1, -0.05) is 37.1 Å². The fraction of sp³-hybridized carbons (Fsp3) is 0.462. The number of carbonyl (C=O) groups excluding carboxylic acids is 1. The second-order valence-electron chi connectivity index (χ2n) is 4.40. The van der Waals surface area contributed by atoms with Crippen LogP contribution in [0.2, 0.25) is 5.02 Å². The number of aldehydes is 1. The summed E-state index contributed by atoms with van der Waals surface area (Å²) in [6.45, 7) is 5.91. The quantitative estimate of drug-likeness (QED) is 0.712. The molecule has 0 aliphatic rings. The molecule has 0 aliphatic carbocycles. The third-order valence-corrected chi connectivity index (χ3v) is 2.96. The minimum atomic E-state index is -0.450. The van der Waals surface area contributed by atoms with Crippen LogP contribution in [0, 0.1) is 0 Å². The summed E-state index contributed by atoms with van der Waals surface area (Å²) in [7, 11) is 0. The lowest BCUT2D eigenvalue weighted by Gasteiger charge is -2.18. The second-order valence-corrected chi connectivity index (χ2v) is 4.80. The highest BCUT2D eigenvalue weighted by atomic mass is 35.5. The number of halogens is 1. The van der Waals surface area contributed by atoms with Crippen LogP contribution >= 0.6 is 11.6 Å². The van der Waals surface area contributed by atoms with Crippen LogP contribution in [-0.4, -0.2) is 6.29 Å². The number of rotatable bonds is 4. The number of hydrogen-bond acceptors (Lipinski definition) is 1. The first-order chi connectivity index (χ1) is 7.01. The minimum Gasteiger partial charge on any atom is -0.302 e. The Morgan fingerprint density at radius 1 is 1.40 bits per heavy atom. The topological polar surface area (TPSA) is 17.1 Å². The van der Waals surface area contributed by atoms with Crippen LogP contribution in [0.15, 0.2) is 18.2 Å². The minimum absolute atomic E-state index is 0.450. The first-order valence-corrected chi connectivity index (χ1v) is 5.64. The molecule has 1 aromatic rings. The van der Waals surface area contributed by atoms with Crippen molar-refractivity contribution in [3.8, 4) is 0 Å². The van der Waals surface area contributed by atoms with Gasteiger partial charge in [0.1, 0.15) is 6.29 Å². The molecule has 82 valence electrons. The summed E-state index contributed by atoms with van der Waals surface area (Å²) in [5.41, 5.74) is 1.68. The Balaban J connectivity index is 3.06. The van der Waals surface area contributed by atoms with Crippen molar-refractivity contribution in [2.24, 2.45) is 0 Å². The molecule has 0 amide bonds. The van der Waals surface area contributed by atoms with Gasteiger partial charge in [-0.25, -0.2) is 0 Å². The van der Waals surface area contributed by atoms with Gasteiger partial charge in [0.15, 0.2) is 0 Å². The van der Waals surface area contributed by atoms with Gasteiger partial charge in [0.05, 0.1) is 0 Å². The maximum absolute atomic E-state index is 10.9. The van der Waals surface area contributed by atoms with E-state index in [0.29, 0.717) is 0 Å². The van der Waals surface area contributed by atoms with E-state index >= 15 is 0 Å². The Morgan fingerprint density at radius 3 is 2.53 bits per heavy atom. The molecule has 15 heavy (non-hydrogen) atoms. The summed E-state index contributed by atoms with van der Waals surface area (Å²) in [6.07, 6.45) is 3.02. The molecule has 0 radical (unpaired) electrons. The molecule has 0 aliphatic heterocycles. The predicted octanol–water partition coefficient (Wildman–Crippen LogP) is 3.77. The van der Waals surface area contributed by atoms with Gasteiger partial charge in [0.2, 0.25) is 0 Å². The van der Waals surface area contributed by atoms with Crippen LogP contribution in [0.5, 0.6) is 0 Å². The third kappa shape index (κ3) is 2.82. The van der Waals surface area contributed by atoms with E-state index in [9.17, 15) is 4.79 Å². The third-order valence-electron chi connectivity index (χ3n) is 2.61. The molecular weight excluding hydrogens is 208 g/mol. The molecule has 0 N–H and O–H groups in total. The van der Waals surface area contributed by atoms with E-state index in [4.69, 9.17) is 11.6 Å². The van der Waals surface area contributed by atoms with E-state index in [-0.39, 0.29) is 0 Å². The SMILES string of the molecule is CCCc1ccc(C(C)(C)C=O)cc1Cl. The highest BCUT2D eigenvalue weighted by Gasteiger charge is 2.20. The van der Waals surface area contributed by atoms with E-state index in [0.717, 1.165) is 35.3 Å². The zero-order valence-electron chi connectivity index (χ0n) is 9.51. The van der Waals surface area contributed by atoms with E-state index in [1.165, 1.54) is 0 Å². The van der Waals surface area contributed by atoms with Crippen molar-refractivity contribution in [3.63, 3.8) is 0 Å².